The molecular formula is C19H18ClN3O2. The van der Waals surface area contributed by atoms with E-state index in [2.05, 4.69) is 10.4 Å². The van der Waals surface area contributed by atoms with Crippen LogP contribution in [0.25, 0.3) is 5.69 Å². The number of benzene rings is 2. The molecule has 0 radical (unpaired) electrons. The summed E-state index contributed by atoms with van der Waals surface area (Å²) in [5.41, 5.74) is 3.23. The number of hydrogen-bond donors (Lipinski definition) is 1. The number of fused-ring (bicyclic) bond motifs is 1. The minimum absolute atomic E-state index is 0.537. The Morgan fingerprint density at radius 3 is 2.72 bits per heavy atom. The van der Waals surface area contributed by atoms with E-state index in [0.717, 1.165) is 23.4 Å². The third-order valence-electron chi connectivity index (χ3n) is 3.97. The molecule has 0 amide bonds. The largest absolute Gasteiger partial charge is 0.486 e. The molecule has 25 heavy (non-hydrogen) atoms. The first kappa shape index (κ1) is 16.0. The number of nitrogens with zero attached hydrogens (tertiary/aromatic N) is 2. The molecule has 128 valence electrons. The van der Waals surface area contributed by atoms with Crippen LogP contribution in [0.2, 0.25) is 5.02 Å². The molecule has 5 nitrogen and oxygen atoms in total. The summed E-state index contributed by atoms with van der Waals surface area (Å²) in [7, 11) is 0. The average Bonchev–Trinajstić information content (AvgIpc) is 3.12. The van der Waals surface area contributed by atoms with Gasteiger partial charge in [0.05, 0.1) is 16.9 Å². The summed E-state index contributed by atoms with van der Waals surface area (Å²) in [5, 5.41) is 8.40. The maximum atomic E-state index is 6.27. The van der Waals surface area contributed by atoms with Gasteiger partial charge in [0.2, 0.25) is 0 Å². The lowest BCUT2D eigenvalue weighted by Gasteiger charge is -2.20. The molecule has 0 saturated heterocycles. The molecule has 1 aliphatic rings. The Hall–Kier alpha value is -2.50. The smallest absolute Gasteiger partial charge is 0.179 e. The number of aromatic nitrogens is 2. The average molecular weight is 356 g/mol. The zero-order valence-corrected chi connectivity index (χ0v) is 14.4. The number of nitrogens with one attached hydrogen (secondary N) is 1. The van der Waals surface area contributed by atoms with E-state index < -0.39 is 0 Å². The Morgan fingerprint density at radius 2 is 1.84 bits per heavy atom. The van der Waals surface area contributed by atoms with Crippen molar-refractivity contribution in [2.75, 3.05) is 13.2 Å². The quantitative estimate of drug-likeness (QED) is 0.760. The van der Waals surface area contributed by atoms with Crippen LogP contribution in [0.3, 0.4) is 0 Å². The lowest BCUT2D eigenvalue weighted by molar-refractivity contribution is 0.171. The van der Waals surface area contributed by atoms with Crippen LogP contribution >= 0.6 is 11.6 Å². The van der Waals surface area contributed by atoms with Gasteiger partial charge in [-0.25, -0.2) is 4.68 Å². The predicted octanol–water partition coefficient (Wildman–Crippen LogP) is 3.59. The van der Waals surface area contributed by atoms with Gasteiger partial charge in [0.15, 0.2) is 11.5 Å². The predicted molar refractivity (Wildman–Crippen MR) is 96.5 cm³/mol. The van der Waals surface area contributed by atoms with E-state index in [1.165, 1.54) is 0 Å². The van der Waals surface area contributed by atoms with Gasteiger partial charge in [-0.2, -0.15) is 5.10 Å². The summed E-state index contributed by atoms with van der Waals surface area (Å²) in [5.74, 6) is 1.35. The highest BCUT2D eigenvalue weighted by atomic mass is 35.5. The van der Waals surface area contributed by atoms with Crippen molar-refractivity contribution in [2.24, 2.45) is 0 Å². The minimum Gasteiger partial charge on any atom is -0.486 e. The monoisotopic (exact) mass is 355 g/mol. The standard InChI is InChI=1S/C19H18ClN3O2/c20-17-8-14(9-18-19(17)25-7-6-24-18)10-21-11-15-12-22-23(13-15)16-4-2-1-3-5-16/h1-5,8-9,12-13,21H,6-7,10-11H2. The SMILES string of the molecule is Clc1cc(CNCc2cnn(-c3ccccc3)c2)cc2c1OCCO2. The van der Waals surface area contributed by atoms with Crippen LogP contribution in [0, 0.1) is 0 Å². The summed E-state index contributed by atoms with van der Waals surface area (Å²) in [6.45, 7) is 2.50. The Balaban J connectivity index is 1.38. The summed E-state index contributed by atoms with van der Waals surface area (Å²) in [6, 6.07) is 13.9. The van der Waals surface area contributed by atoms with Crippen molar-refractivity contribution in [3.63, 3.8) is 0 Å². The third kappa shape index (κ3) is 3.62. The highest BCUT2D eigenvalue weighted by molar-refractivity contribution is 6.32. The number of para-hydroxylation sites is 1. The van der Waals surface area contributed by atoms with Gasteiger partial charge in [0.1, 0.15) is 13.2 Å². The maximum Gasteiger partial charge on any atom is 0.179 e. The molecule has 4 rings (SSSR count). The molecule has 2 heterocycles. The molecule has 1 N–H and O–H groups in total. The second-order valence-electron chi connectivity index (χ2n) is 5.83. The van der Waals surface area contributed by atoms with E-state index in [0.29, 0.717) is 36.3 Å². The zero-order valence-electron chi connectivity index (χ0n) is 13.6. The molecular weight excluding hydrogens is 338 g/mol. The highest BCUT2D eigenvalue weighted by Gasteiger charge is 2.16. The van der Waals surface area contributed by atoms with E-state index in [9.17, 15) is 0 Å². The van der Waals surface area contributed by atoms with Crippen LogP contribution in [0.5, 0.6) is 11.5 Å². The lowest BCUT2D eigenvalue weighted by atomic mass is 10.2. The summed E-state index contributed by atoms with van der Waals surface area (Å²) >= 11 is 6.27. The van der Waals surface area contributed by atoms with E-state index >= 15 is 0 Å². The van der Waals surface area contributed by atoms with Gasteiger partial charge in [-0.3, -0.25) is 0 Å². The number of hydrogen-bond acceptors (Lipinski definition) is 4. The highest BCUT2D eigenvalue weighted by Crippen LogP contribution is 2.38. The number of halogens is 1. The van der Waals surface area contributed by atoms with Crippen molar-refractivity contribution < 1.29 is 9.47 Å². The molecule has 0 unspecified atom stereocenters. The van der Waals surface area contributed by atoms with Gasteiger partial charge in [-0.1, -0.05) is 29.8 Å². The van der Waals surface area contributed by atoms with Crippen LogP contribution < -0.4 is 14.8 Å². The Labute approximate surface area is 151 Å². The van der Waals surface area contributed by atoms with E-state index in [4.69, 9.17) is 21.1 Å². The molecule has 2 aromatic carbocycles. The minimum atomic E-state index is 0.537. The summed E-state index contributed by atoms with van der Waals surface area (Å²) < 4.78 is 13.0. The molecule has 3 aromatic rings. The van der Waals surface area contributed by atoms with Crippen molar-refractivity contribution in [1.82, 2.24) is 15.1 Å². The van der Waals surface area contributed by atoms with Crippen LogP contribution in [-0.2, 0) is 13.1 Å². The van der Waals surface area contributed by atoms with Crippen molar-refractivity contribution in [1.29, 1.82) is 0 Å². The van der Waals surface area contributed by atoms with Crippen molar-refractivity contribution in [2.45, 2.75) is 13.1 Å². The Morgan fingerprint density at radius 1 is 1.04 bits per heavy atom. The topological polar surface area (TPSA) is 48.3 Å². The fraction of sp³-hybridized carbons (Fsp3) is 0.211. The molecule has 6 heteroatoms. The first-order valence-electron chi connectivity index (χ1n) is 8.17. The van der Waals surface area contributed by atoms with Crippen LogP contribution in [0.1, 0.15) is 11.1 Å². The van der Waals surface area contributed by atoms with E-state index in [-0.39, 0.29) is 0 Å². The molecule has 0 saturated carbocycles. The van der Waals surface area contributed by atoms with E-state index in [1.54, 1.807) is 0 Å². The van der Waals surface area contributed by atoms with Gasteiger partial charge < -0.3 is 14.8 Å². The fourth-order valence-corrected chi connectivity index (χ4v) is 3.08. The molecule has 0 aliphatic carbocycles. The Bertz CT molecular complexity index is 864. The van der Waals surface area contributed by atoms with E-state index in [1.807, 2.05) is 59.5 Å². The molecule has 0 atom stereocenters. The summed E-state index contributed by atoms with van der Waals surface area (Å²) in [4.78, 5) is 0. The van der Waals surface area contributed by atoms with Gasteiger partial charge in [0.25, 0.3) is 0 Å². The molecule has 0 spiro atoms. The first-order valence-corrected chi connectivity index (χ1v) is 8.55. The van der Waals surface area contributed by atoms with Crippen molar-refractivity contribution in [3.05, 3.63) is 71.0 Å². The number of ether oxygens (including phenoxy) is 2. The van der Waals surface area contributed by atoms with Crippen molar-refractivity contribution >= 4 is 11.6 Å². The summed E-state index contributed by atoms with van der Waals surface area (Å²) in [6.07, 6.45) is 3.90. The molecule has 1 aromatic heterocycles. The lowest BCUT2D eigenvalue weighted by Crippen LogP contribution is -2.17. The van der Waals surface area contributed by atoms with Gasteiger partial charge in [-0.15, -0.1) is 0 Å². The normalized spacial score (nSPS) is 13.0. The molecule has 0 bridgehead atoms. The second-order valence-corrected chi connectivity index (χ2v) is 6.24. The fourth-order valence-electron chi connectivity index (χ4n) is 2.79. The first-order chi connectivity index (χ1) is 12.3. The second kappa shape index (κ2) is 7.17. The Kier molecular flexibility index (Phi) is 4.59. The van der Waals surface area contributed by atoms with Gasteiger partial charge in [0, 0.05) is 24.8 Å². The number of rotatable bonds is 5. The molecule has 0 fully saturated rings. The van der Waals surface area contributed by atoms with Crippen LogP contribution in [0.4, 0.5) is 0 Å². The van der Waals surface area contributed by atoms with Crippen molar-refractivity contribution in [3.8, 4) is 17.2 Å². The van der Waals surface area contributed by atoms with Crippen LogP contribution in [-0.4, -0.2) is 23.0 Å². The van der Waals surface area contributed by atoms with Gasteiger partial charge >= 0.3 is 0 Å². The van der Waals surface area contributed by atoms with Gasteiger partial charge in [-0.05, 0) is 29.8 Å². The van der Waals surface area contributed by atoms with Crippen LogP contribution in [0.15, 0.2) is 54.9 Å². The maximum absolute atomic E-state index is 6.27. The zero-order chi connectivity index (χ0) is 17.1. The third-order valence-corrected chi connectivity index (χ3v) is 4.25. The molecule has 1 aliphatic heterocycles.